The number of nitrogens with two attached hydrogens (primary N) is 1. The van der Waals surface area contributed by atoms with Crippen LogP contribution in [0.4, 0.5) is 5.82 Å². The Morgan fingerprint density at radius 1 is 1.20 bits per heavy atom. The van der Waals surface area contributed by atoms with Gasteiger partial charge in [-0.25, -0.2) is 4.68 Å². The lowest BCUT2D eigenvalue weighted by Crippen LogP contribution is -2.12. The number of rotatable bonds is 2. The monoisotopic (exact) mass is 295 g/mol. The number of halogens is 1. The molecule has 2 N–H and O–H groups in total. The molecule has 0 aliphatic carbocycles. The van der Waals surface area contributed by atoms with Gasteiger partial charge in [0.15, 0.2) is 0 Å². The van der Waals surface area contributed by atoms with Gasteiger partial charge in [-0.05, 0) is 30.7 Å². The van der Waals surface area contributed by atoms with Crippen LogP contribution in [0.15, 0.2) is 24.3 Å². The van der Waals surface area contributed by atoms with E-state index >= 15 is 0 Å². The number of benzene rings is 1. The Hall–Kier alpha value is -1.68. The first-order valence-corrected chi connectivity index (χ1v) is 6.34. The van der Waals surface area contributed by atoms with Crippen molar-refractivity contribution in [3.05, 3.63) is 35.5 Å². The number of ether oxygens (including phenoxy) is 1. The molecule has 0 atom stereocenters. The van der Waals surface area contributed by atoms with Crippen LogP contribution in [0.3, 0.4) is 0 Å². The van der Waals surface area contributed by atoms with Gasteiger partial charge in [0, 0.05) is 11.5 Å². The van der Waals surface area contributed by atoms with E-state index in [0.717, 1.165) is 22.7 Å². The molecular weight excluding hydrogens is 274 g/mol. The van der Waals surface area contributed by atoms with Gasteiger partial charge in [-0.15, -0.1) is 12.4 Å². The second-order valence-corrected chi connectivity index (χ2v) is 5.77. The maximum Gasteiger partial charge on any atom is 0.127 e. The molecule has 2 aromatic rings. The van der Waals surface area contributed by atoms with Gasteiger partial charge in [-0.1, -0.05) is 20.8 Å². The fourth-order valence-electron chi connectivity index (χ4n) is 1.96. The minimum absolute atomic E-state index is 0. The first-order chi connectivity index (χ1) is 8.82. The predicted octanol–water partition coefficient (Wildman–Crippen LogP) is 3.49. The lowest BCUT2D eigenvalue weighted by Gasteiger charge is -2.14. The number of nitrogen functional groups attached to an aromatic ring is 1. The van der Waals surface area contributed by atoms with Crippen LogP contribution < -0.4 is 10.5 Å². The smallest absolute Gasteiger partial charge is 0.127 e. The highest BCUT2D eigenvalue weighted by Crippen LogP contribution is 2.26. The van der Waals surface area contributed by atoms with Gasteiger partial charge in [-0.3, -0.25) is 0 Å². The number of aromatic nitrogens is 2. The van der Waals surface area contributed by atoms with Crippen molar-refractivity contribution in [2.24, 2.45) is 0 Å². The van der Waals surface area contributed by atoms with Crippen LogP contribution >= 0.6 is 12.4 Å². The quantitative estimate of drug-likeness (QED) is 0.922. The van der Waals surface area contributed by atoms with Gasteiger partial charge in [-0.2, -0.15) is 5.10 Å². The number of hydrogen-bond acceptors (Lipinski definition) is 3. The van der Waals surface area contributed by atoms with Crippen molar-refractivity contribution in [1.29, 1.82) is 0 Å². The Morgan fingerprint density at radius 2 is 1.85 bits per heavy atom. The molecule has 0 fully saturated rings. The zero-order valence-corrected chi connectivity index (χ0v) is 13.4. The maximum absolute atomic E-state index is 6.06. The van der Waals surface area contributed by atoms with E-state index in [1.54, 1.807) is 11.8 Å². The summed E-state index contributed by atoms with van der Waals surface area (Å²) in [5, 5.41) is 4.60. The Kier molecular flexibility index (Phi) is 4.71. The summed E-state index contributed by atoms with van der Waals surface area (Å²) < 4.78 is 7.04. The SMILES string of the molecule is COc1ccc(-n2nc(C(C)(C)C)cc2N)cc1C.Cl. The van der Waals surface area contributed by atoms with Crippen molar-refractivity contribution in [3.63, 3.8) is 0 Å². The molecule has 5 heteroatoms. The van der Waals surface area contributed by atoms with Crippen molar-refractivity contribution in [2.75, 3.05) is 12.8 Å². The number of methoxy groups -OCH3 is 1. The van der Waals surface area contributed by atoms with Gasteiger partial charge >= 0.3 is 0 Å². The van der Waals surface area contributed by atoms with Gasteiger partial charge in [0.2, 0.25) is 0 Å². The second-order valence-electron chi connectivity index (χ2n) is 5.77. The number of hydrogen-bond donors (Lipinski definition) is 1. The van der Waals surface area contributed by atoms with Gasteiger partial charge in [0.1, 0.15) is 11.6 Å². The summed E-state index contributed by atoms with van der Waals surface area (Å²) in [5.41, 5.74) is 9.04. The molecule has 110 valence electrons. The van der Waals surface area contributed by atoms with E-state index in [1.807, 2.05) is 31.2 Å². The van der Waals surface area contributed by atoms with Crippen molar-refractivity contribution in [2.45, 2.75) is 33.1 Å². The molecule has 0 spiro atoms. The van der Waals surface area contributed by atoms with Crippen molar-refractivity contribution in [3.8, 4) is 11.4 Å². The molecule has 0 bridgehead atoms. The van der Waals surface area contributed by atoms with E-state index in [1.165, 1.54) is 0 Å². The number of anilines is 1. The molecule has 0 saturated carbocycles. The van der Waals surface area contributed by atoms with Gasteiger partial charge in [0.05, 0.1) is 18.5 Å². The van der Waals surface area contributed by atoms with Crippen LogP contribution in [-0.2, 0) is 5.41 Å². The molecule has 1 aromatic carbocycles. The minimum atomic E-state index is -0.0130. The highest BCUT2D eigenvalue weighted by Gasteiger charge is 2.19. The third-order valence-corrected chi connectivity index (χ3v) is 3.13. The molecule has 4 nitrogen and oxygen atoms in total. The van der Waals surface area contributed by atoms with Crippen LogP contribution in [-0.4, -0.2) is 16.9 Å². The first kappa shape index (κ1) is 16.4. The van der Waals surface area contributed by atoms with E-state index in [-0.39, 0.29) is 17.8 Å². The van der Waals surface area contributed by atoms with Gasteiger partial charge < -0.3 is 10.5 Å². The van der Waals surface area contributed by atoms with E-state index in [2.05, 4.69) is 25.9 Å². The summed E-state index contributed by atoms with van der Waals surface area (Å²) in [4.78, 5) is 0. The van der Waals surface area contributed by atoms with E-state index in [4.69, 9.17) is 10.5 Å². The van der Waals surface area contributed by atoms with E-state index in [9.17, 15) is 0 Å². The van der Waals surface area contributed by atoms with Crippen LogP contribution in [0.25, 0.3) is 5.69 Å². The molecule has 0 amide bonds. The third kappa shape index (κ3) is 3.07. The lowest BCUT2D eigenvalue weighted by molar-refractivity contribution is 0.411. The van der Waals surface area contributed by atoms with Crippen molar-refractivity contribution < 1.29 is 4.74 Å². The van der Waals surface area contributed by atoms with Crippen LogP contribution in [0.1, 0.15) is 32.0 Å². The molecule has 0 radical (unpaired) electrons. The van der Waals surface area contributed by atoms with Crippen molar-refractivity contribution in [1.82, 2.24) is 9.78 Å². The molecule has 0 unspecified atom stereocenters. The average molecular weight is 296 g/mol. The molecule has 20 heavy (non-hydrogen) atoms. The Morgan fingerprint density at radius 3 is 2.30 bits per heavy atom. The molecular formula is C15H22ClN3O. The fraction of sp³-hybridized carbons (Fsp3) is 0.400. The normalized spacial score (nSPS) is 11.1. The zero-order valence-electron chi connectivity index (χ0n) is 12.6. The fourth-order valence-corrected chi connectivity index (χ4v) is 1.96. The third-order valence-electron chi connectivity index (χ3n) is 3.13. The average Bonchev–Trinajstić information content (AvgIpc) is 2.71. The Labute approximate surface area is 126 Å². The summed E-state index contributed by atoms with van der Waals surface area (Å²) in [6, 6.07) is 7.85. The molecule has 1 heterocycles. The lowest BCUT2D eigenvalue weighted by atomic mass is 9.92. The predicted molar refractivity (Wildman–Crippen MR) is 85.2 cm³/mol. The van der Waals surface area contributed by atoms with Crippen molar-refractivity contribution >= 4 is 18.2 Å². The Balaban J connectivity index is 0.00000200. The molecule has 2 rings (SSSR count). The van der Waals surface area contributed by atoms with E-state index in [0.29, 0.717) is 5.82 Å². The summed E-state index contributed by atoms with van der Waals surface area (Å²) in [7, 11) is 1.67. The summed E-state index contributed by atoms with van der Waals surface area (Å²) in [5.74, 6) is 1.51. The molecule has 0 saturated heterocycles. The van der Waals surface area contributed by atoms with Crippen LogP contribution in [0.5, 0.6) is 5.75 Å². The largest absolute Gasteiger partial charge is 0.496 e. The minimum Gasteiger partial charge on any atom is -0.496 e. The van der Waals surface area contributed by atoms with Gasteiger partial charge in [0.25, 0.3) is 0 Å². The summed E-state index contributed by atoms with van der Waals surface area (Å²) in [6.07, 6.45) is 0. The Bertz CT molecular complexity index is 600. The summed E-state index contributed by atoms with van der Waals surface area (Å²) >= 11 is 0. The topological polar surface area (TPSA) is 53.1 Å². The first-order valence-electron chi connectivity index (χ1n) is 6.34. The van der Waals surface area contributed by atoms with Crippen LogP contribution in [0.2, 0.25) is 0 Å². The molecule has 1 aromatic heterocycles. The number of aryl methyl sites for hydroxylation is 1. The second kappa shape index (κ2) is 5.75. The maximum atomic E-state index is 6.06. The van der Waals surface area contributed by atoms with E-state index < -0.39 is 0 Å². The standard InChI is InChI=1S/C15H21N3O.ClH/c1-10-8-11(6-7-12(10)19-5)18-14(16)9-13(17-18)15(2,3)4;/h6-9H,16H2,1-5H3;1H. The molecule has 0 aliphatic heterocycles. The molecule has 0 aliphatic rings. The highest BCUT2D eigenvalue weighted by molar-refractivity contribution is 5.85. The van der Waals surface area contributed by atoms with Crippen LogP contribution in [0, 0.1) is 6.92 Å². The highest BCUT2D eigenvalue weighted by atomic mass is 35.5. The number of nitrogens with zero attached hydrogens (tertiary/aromatic N) is 2. The summed E-state index contributed by atoms with van der Waals surface area (Å²) in [6.45, 7) is 8.38. The zero-order chi connectivity index (χ0) is 14.2.